The fourth-order valence-corrected chi connectivity index (χ4v) is 4.94. The summed E-state index contributed by atoms with van der Waals surface area (Å²) in [6.07, 6.45) is 3.73. The predicted molar refractivity (Wildman–Crippen MR) is 136 cm³/mol. The average Bonchev–Trinajstić information content (AvgIpc) is 3.25. The Hall–Kier alpha value is -4.47. The molecule has 3 heterocycles. The first kappa shape index (κ1) is 25.2. The van der Waals surface area contributed by atoms with E-state index in [-0.39, 0.29) is 43.8 Å². The monoisotopic (exact) mass is 516 g/mol. The third-order valence-corrected chi connectivity index (χ3v) is 7.02. The molecular formula is C28H28N4O6. The maximum Gasteiger partial charge on any atom is 0.410 e. The van der Waals surface area contributed by atoms with Crippen molar-refractivity contribution >= 4 is 35.8 Å². The van der Waals surface area contributed by atoms with Gasteiger partial charge in [0, 0.05) is 38.2 Å². The number of rotatable bonds is 6. The van der Waals surface area contributed by atoms with Crippen molar-refractivity contribution in [2.45, 2.75) is 32.0 Å². The van der Waals surface area contributed by atoms with E-state index in [1.165, 1.54) is 9.80 Å². The summed E-state index contributed by atoms with van der Waals surface area (Å²) in [5.74, 6) is -1.16. The number of hydrogen-bond acceptors (Lipinski definition) is 6. The lowest BCUT2D eigenvalue weighted by molar-refractivity contribution is -0.137. The lowest BCUT2D eigenvalue weighted by atomic mass is 10.0. The third-order valence-electron chi connectivity index (χ3n) is 7.02. The maximum atomic E-state index is 13.0. The van der Waals surface area contributed by atoms with Gasteiger partial charge in [-0.3, -0.25) is 29.4 Å². The smallest absolute Gasteiger partial charge is 0.410 e. The number of amides is 5. The molecule has 38 heavy (non-hydrogen) atoms. The van der Waals surface area contributed by atoms with E-state index in [1.54, 1.807) is 17.0 Å². The number of imide groups is 1. The van der Waals surface area contributed by atoms with Crippen molar-refractivity contribution in [1.82, 2.24) is 20.0 Å². The lowest BCUT2D eigenvalue weighted by Gasteiger charge is -2.33. The molecule has 0 radical (unpaired) electrons. The van der Waals surface area contributed by atoms with Gasteiger partial charge in [-0.05, 0) is 29.2 Å². The number of ether oxygens (including phenoxy) is 1. The van der Waals surface area contributed by atoms with Gasteiger partial charge in [-0.2, -0.15) is 0 Å². The number of carbonyl (C=O) groups is 5. The molecule has 0 bridgehead atoms. The van der Waals surface area contributed by atoms with Crippen molar-refractivity contribution in [3.05, 3.63) is 76.9 Å². The Bertz CT molecular complexity index is 1310. The van der Waals surface area contributed by atoms with Crippen LogP contribution in [0.1, 0.15) is 39.9 Å². The van der Waals surface area contributed by atoms with E-state index >= 15 is 0 Å². The molecule has 2 aromatic carbocycles. The molecule has 2 aromatic rings. The van der Waals surface area contributed by atoms with Crippen LogP contribution in [0, 0.1) is 0 Å². The minimum atomic E-state index is -0.669. The second-order valence-corrected chi connectivity index (χ2v) is 9.48. The fraction of sp³-hybridized carbons (Fsp3) is 0.321. The van der Waals surface area contributed by atoms with E-state index in [9.17, 15) is 24.0 Å². The fourth-order valence-electron chi connectivity index (χ4n) is 4.94. The molecule has 3 aliphatic rings. The first-order valence-electron chi connectivity index (χ1n) is 12.6. The van der Waals surface area contributed by atoms with Crippen LogP contribution in [-0.2, 0) is 32.3 Å². The van der Waals surface area contributed by atoms with Gasteiger partial charge in [0.05, 0.1) is 0 Å². The molecule has 0 aliphatic carbocycles. The minimum absolute atomic E-state index is 0.0440. The Morgan fingerprint density at radius 2 is 1.82 bits per heavy atom. The number of carbonyl (C=O) groups excluding carboxylic acids is 5. The summed E-state index contributed by atoms with van der Waals surface area (Å²) >= 11 is 0. The van der Waals surface area contributed by atoms with Crippen LogP contribution < -0.4 is 5.32 Å². The number of benzene rings is 2. The second kappa shape index (κ2) is 10.9. The summed E-state index contributed by atoms with van der Waals surface area (Å²) in [6.45, 7) is 1.52. The first-order valence-corrected chi connectivity index (χ1v) is 12.6. The van der Waals surface area contributed by atoms with E-state index in [4.69, 9.17) is 4.74 Å². The second-order valence-electron chi connectivity index (χ2n) is 9.48. The van der Waals surface area contributed by atoms with Crippen LogP contribution >= 0.6 is 0 Å². The largest absolute Gasteiger partial charge is 0.445 e. The molecule has 0 saturated carbocycles. The molecule has 10 heteroatoms. The van der Waals surface area contributed by atoms with Crippen molar-refractivity contribution in [3.63, 3.8) is 0 Å². The molecular weight excluding hydrogens is 488 g/mol. The number of piperazine rings is 1. The maximum absolute atomic E-state index is 13.0. The molecule has 3 aliphatic heterocycles. The Morgan fingerprint density at radius 3 is 2.58 bits per heavy atom. The molecule has 1 N–H and O–H groups in total. The van der Waals surface area contributed by atoms with E-state index in [0.717, 1.165) is 16.7 Å². The van der Waals surface area contributed by atoms with Gasteiger partial charge < -0.3 is 14.5 Å². The Balaban J connectivity index is 1.16. The normalized spacial score (nSPS) is 19.7. The van der Waals surface area contributed by atoms with Crippen LogP contribution in [0.25, 0.3) is 6.08 Å². The summed E-state index contributed by atoms with van der Waals surface area (Å²) in [5.41, 5.74) is 3.07. The molecule has 0 aromatic heterocycles. The number of nitrogens with zero attached hydrogens (tertiary/aromatic N) is 3. The summed E-state index contributed by atoms with van der Waals surface area (Å²) in [5, 5.41) is 2.31. The number of piperidine rings is 1. The minimum Gasteiger partial charge on any atom is -0.445 e. The Kier molecular flexibility index (Phi) is 7.21. The van der Waals surface area contributed by atoms with Gasteiger partial charge in [-0.1, -0.05) is 54.6 Å². The summed E-state index contributed by atoms with van der Waals surface area (Å²) in [4.78, 5) is 66.4. The van der Waals surface area contributed by atoms with Crippen LogP contribution in [0.4, 0.5) is 4.79 Å². The first-order chi connectivity index (χ1) is 18.4. The zero-order valence-corrected chi connectivity index (χ0v) is 20.8. The highest BCUT2D eigenvalue weighted by atomic mass is 16.6. The summed E-state index contributed by atoms with van der Waals surface area (Å²) in [7, 11) is 0. The summed E-state index contributed by atoms with van der Waals surface area (Å²) < 4.78 is 5.33. The van der Waals surface area contributed by atoms with Crippen LogP contribution in [0.2, 0.25) is 0 Å². The van der Waals surface area contributed by atoms with E-state index in [2.05, 4.69) is 5.32 Å². The highest BCUT2D eigenvalue weighted by Gasteiger charge is 2.39. The van der Waals surface area contributed by atoms with E-state index in [1.807, 2.05) is 48.6 Å². The van der Waals surface area contributed by atoms with Crippen molar-refractivity contribution in [1.29, 1.82) is 0 Å². The highest BCUT2D eigenvalue weighted by molar-refractivity contribution is 6.05. The zero-order chi connectivity index (χ0) is 26.6. The average molecular weight is 517 g/mol. The Morgan fingerprint density at radius 1 is 1.00 bits per heavy atom. The molecule has 5 rings (SSSR count). The molecule has 2 fully saturated rings. The van der Waals surface area contributed by atoms with Crippen LogP contribution in [0.15, 0.2) is 54.6 Å². The van der Waals surface area contributed by atoms with Crippen LogP contribution in [-0.4, -0.2) is 76.6 Å². The molecule has 5 amide bonds. The van der Waals surface area contributed by atoms with Gasteiger partial charge in [0.15, 0.2) is 0 Å². The molecule has 2 saturated heterocycles. The van der Waals surface area contributed by atoms with E-state index < -0.39 is 18.0 Å². The van der Waals surface area contributed by atoms with Crippen molar-refractivity contribution in [2.24, 2.45) is 0 Å². The number of fused-ring (bicyclic) bond motifs is 1. The van der Waals surface area contributed by atoms with Gasteiger partial charge in [0.2, 0.25) is 17.7 Å². The van der Waals surface area contributed by atoms with Crippen molar-refractivity contribution in [3.8, 4) is 0 Å². The van der Waals surface area contributed by atoms with Crippen LogP contribution in [0.3, 0.4) is 0 Å². The molecule has 1 unspecified atom stereocenters. The van der Waals surface area contributed by atoms with Gasteiger partial charge in [-0.25, -0.2) is 4.79 Å². The molecule has 1 atom stereocenters. The van der Waals surface area contributed by atoms with Gasteiger partial charge >= 0.3 is 6.09 Å². The highest BCUT2D eigenvalue weighted by Crippen LogP contribution is 2.30. The predicted octanol–water partition coefficient (Wildman–Crippen LogP) is 1.94. The summed E-state index contributed by atoms with van der Waals surface area (Å²) in [6, 6.07) is 14.1. The zero-order valence-electron chi connectivity index (χ0n) is 20.8. The lowest BCUT2D eigenvalue weighted by Crippen LogP contribution is -2.52. The number of hydrogen-bond donors (Lipinski definition) is 1. The van der Waals surface area contributed by atoms with Crippen molar-refractivity contribution < 1.29 is 28.7 Å². The number of nitrogens with one attached hydrogen (secondary N) is 1. The van der Waals surface area contributed by atoms with E-state index in [0.29, 0.717) is 31.6 Å². The van der Waals surface area contributed by atoms with Gasteiger partial charge in [-0.15, -0.1) is 0 Å². The third kappa shape index (κ3) is 5.29. The molecule has 10 nitrogen and oxygen atoms in total. The van der Waals surface area contributed by atoms with Gasteiger partial charge in [0.25, 0.3) is 5.91 Å². The molecule has 0 spiro atoms. The molecule has 196 valence electrons. The van der Waals surface area contributed by atoms with Gasteiger partial charge in [0.1, 0.15) is 19.2 Å². The van der Waals surface area contributed by atoms with Crippen LogP contribution in [0.5, 0.6) is 0 Å². The topological polar surface area (TPSA) is 116 Å². The van der Waals surface area contributed by atoms with Crippen molar-refractivity contribution in [2.75, 3.05) is 26.2 Å². The standard InChI is InChI=1S/C28H28N4O6/c33-24-12-11-23(26(35)29-24)32-16-22-20(8-4-10-21(22)27(32)36)9-5-13-30-14-15-31(17-25(30)34)28(37)38-18-19-6-2-1-3-7-19/h1-10,23H,11-18H2,(H,29,33,35)/b9-5+. The SMILES string of the molecule is O=C1CCC(N2Cc3c(/C=C/CN4CCN(C(=O)OCc5ccccc5)CC4=O)cccc3C2=O)C(=O)N1. The Labute approximate surface area is 219 Å². The quantitative estimate of drug-likeness (QED) is 0.587.